The summed E-state index contributed by atoms with van der Waals surface area (Å²) in [5.74, 6) is 1.15. The fourth-order valence-corrected chi connectivity index (χ4v) is 3.83. The molecule has 0 aromatic carbocycles. The van der Waals surface area contributed by atoms with Crippen molar-refractivity contribution in [2.24, 2.45) is 0 Å². The molecule has 2 aromatic heterocycles. The maximum Gasteiger partial charge on any atom is 0.241 e. The Kier molecular flexibility index (Phi) is 4.63. The van der Waals surface area contributed by atoms with Crippen LogP contribution in [0.4, 0.5) is 5.82 Å². The topological polar surface area (TPSA) is 75.9 Å². The van der Waals surface area contributed by atoms with Crippen LogP contribution in [0.5, 0.6) is 0 Å². The number of carbonyl (C=O) groups is 1. The third-order valence-corrected chi connectivity index (χ3v) is 5.13. The van der Waals surface area contributed by atoms with Crippen LogP contribution in [0.3, 0.4) is 0 Å². The lowest BCUT2D eigenvalue weighted by molar-refractivity contribution is -0.122. The smallest absolute Gasteiger partial charge is 0.241 e. The van der Waals surface area contributed by atoms with E-state index in [1.54, 1.807) is 23.4 Å². The van der Waals surface area contributed by atoms with Gasteiger partial charge in [-0.05, 0) is 44.6 Å². The summed E-state index contributed by atoms with van der Waals surface area (Å²) in [7, 11) is 0. The molecule has 0 unspecified atom stereocenters. The summed E-state index contributed by atoms with van der Waals surface area (Å²) in [6.45, 7) is 2.14. The van der Waals surface area contributed by atoms with Gasteiger partial charge in [0.25, 0.3) is 0 Å². The Labute approximate surface area is 147 Å². The molecule has 3 heterocycles. The van der Waals surface area contributed by atoms with Crippen molar-refractivity contribution in [3.05, 3.63) is 36.0 Å². The zero-order valence-electron chi connectivity index (χ0n) is 14.4. The first-order chi connectivity index (χ1) is 12.3. The second-order valence-corrected chi connectivity index (χ2v) is 6.86. The van der Waals surface area contributed by atoms with Crippen LogP contribution in [-0.2, 0) is 24.2 Å². The number of fused-ring (bicyclic) bond motifs is 1. The van der Waals surface area contributed by atoms with E-state index in [2.05, 4.69) is 25.3 Å². The molecule has 0 spiro atoms. The highest BCUT2D eigenvalue weighted by atomic mass is 16.2. The maximum absolute atomic E-state index is 12.1. The number of hydrogen-bond acceptors (Lipinski definition) is 5. The average molecular weight is 340 g/mol. The van der Waals surface area contributed by atoms with Crippen LogP contribution in [0, 0.1) is 0 Å². The Bertz CT molecular complexity index is 721. The lowest BCUT2D eigenvalue weighted by atomic mass is 9.95. The highest BCUT2D eigenvalue weighted by molar-refractivity contribution is 5.76. The summed E-state index contributed by atoms with van der Waals surface area (Å²) in [6.07, 6.45) is 11.7. The summed E-state index contributed by atoms with van der Waals surface area (Å²) < 4.78 is 1.65. The molecular formula is C18H24N6O. The molecule has 1 aliphatic heterocycles. The summed E-state index contributed by atoms with van der Waals surface area (Å²) >= 11 is 0. The third-order valence-electron chi connectivity index (χ3n) is 5.13. The molecule has 4 rings (SSSR count). The summed E-state index contributed by atoms with van der Waals surface area (Å²) in [4.78, 5) is 23.5. The third kappa shape index (κ3) is 3.65. The monoisotopic (exact) mass is 340 g/mol. The van der Waals surface area contributed by atoms with E-state index < -0.39 is 0 Å². The van der Waals surface area contributed by atoms with E-state index in [0.717, 1.165) is 44.6 Å². The van der Waals surface area contributed by atoms with E-state index in [1.165, 1.54) is 24.1 Å². The minimum absolute atomic E-state index is 0.0292. The fraction of sp³-hybridized carbons (Fsp3) is 0.556. The first kappa shape index (κ1) is 16.1. The van der Waals surface area contributed by atoms with Gasteiger partial charge in [-0.1, -0.05) is 0 Å². The molecule has 0 bridgehead atoms. The van der Waals surface area contributed by atoms with Gasteiger partial charge < -0.3 is 10.2 Å². The van der Waals surface area contributed by atoms with E-state index in [-0.39, 0.29) is 18.5 Å². The number of nitrogens with one attached hydrogen (secondary N) is 1. The highest BCUT2D eigenvalue weighted by Gasteiger charge is 2.25. The average Bonchev–Trinajstić information content (AvgIpc) is 3.15. The number of carbonyl (C=O) groups excluding carboxylic acids is 1. The molecule has 0 saturated carbocycles. The molecule has 2 aliphatic rings. The Hall–Kier alpha value is -2.44. The molecule has 1 fully saturated rings. The first-order valence-corrected chi connectivity index (χ1v) is 9.14. The normalized spacial score (nSPS) is 18.0. The van der Waals surface area contributed by atoms with Crippen molar-refractivity contribution in [2.45, 2.75) is 51.1 Å². The van der Waals surface area contributed by atoms with Crippen molar-refractivity contribution in [2.75, 3.05) is 18.0 Å². The van der Waals surface area contributed by atoms with Gasteiger partial charge in [-0.3, -0.25) is 9.48 Å². The first-order valence-electron chi connectivity index (χ1n) is 9.14. The predicted octanol–water partition coefficient (Wildman–Crippen LogP) is 1.34. The number of aromatic nitrogens is 4. The van der Waals surface area contributed by atoms with Gasteiger partial charge >= 0.3 is 0 Å². The van der Waals surface area contributed by atoms with Crippen molar-refractivity contribution < 1.29 is 4.79 Å². The van der Waals surface area contributed by atoms with Crippen molar-refractivity contribution in [1.29, 1.82) is 0 Å². The van der Waals surface area contributed by atoms with Crippen LogP contribution in [0.2, 0.25) is 0 Å². The predicted molar refractivity (Wildman–Crippen MR) is 94.3 cm³/mol. The van der Waals surface area contributed by atoms with Crippen LogP contribution >= 0.6 is 0 Å². The zero-order valence-corrected chi connectivity index (χ0v) is 14.4. The number of piperidine rings is 1. The van der Waals surface area contributed by atoms with Crippen molar-refractivity contribution in [3.8, 4) is 0 Å². The molecule has 1 aliphatic carbocycles. The summed E-state index contributed by atoms with van der Waals surface area (Å²) in [5.41, 5.74) is 2.57. The molecule has 7 nitrogen and oxygen atoms in total. The molecule has 1 N–H and O–H groups in total. The van der Waals surface area contributed by atoms with Gasteiger partial charge in [0, 0.05) is 42.8 Å². The second kappa shape index (κ2) is 7.21. The lowest BCUT2D eigenvalue weighted by Gasteiger charge is -2.35. The van der Waals surface area contributed by atoms with Gasteiger partial charge in [-0.25, -0.2) is 9.97 Å². The number of amides is 1. The molecule has 25 heavy (non-hydrogen) atoms. The van der Waals surface area contributed by atoms with Gasteiger partial charge in [0.2, 0.25) is 5.91 Å². The van der Waals surface area contributed by atoms with Crippen LogP contribution in [0.25, 0.3) is 0 Å². The largest absolute Gasteiger partial charge is 0.356 e. The molecule has 132 valence electrons. The quantitative estimate of drug-likeness (QED) is 0.909. The van der Waals surface area contributed by atoms with Crippen LogP contribution in [-0.4, -0.2) is 44.8 Å². The second-order valence-electron chi connectivity index (χ2n) is 6.86. The Balaban J connectivity index is 1.33. The van der Waals surface area contributed by atoms with Gasteiger partial charge in [-0.15, -0.1) is 0 Å². The van der Waals surface area contributed by atoms with E-state index in [1.807, 2.05) is 6.07 Å². The summed E-state index contributed by atoms with van der Waals surface area (Å²) in [6, 6.07) is 2.06. The molecule has 1 amide bonds. The number of aryl methyl sites for hydroxylation is 1. The standard InChI is InChI=1S/C18H24N6O/c25-17(12-24-9-3-8-21-24)22-14-6-10-23(11-7-14)18-15-4-1-2-5-16(15)19-13-20-18/h3,8-9,13-14H,1-2,4-7,10-12H2,(H,22,25). The van der Waals surface area contributed by atoms with Crippen molar-refractivity contribution in [3.63, 3.8) is 0 Å². The van der Waals surface area contributed by atoms with Crippen LogP contribution in [0.1, 0.15) is 36.9 Å². The van der Waals surface area contributed by atoms with E-state index in [0.29, 0.717) is 0 Å². The SMILES string of the molecule is O=C(Cn1cccn1)NC1CCN(c2ncnc3c2CCCC3)CC1. The zero-order chi connectivity index (χ0) is 17.1. The molecule has 0 atom stereocenters. The molecule has 2 aromatic rings. The fourth-order valence-electron chi connectivity index (χ4n) is 3.83. The Morgan fingerprint density at radius 3 is 2.84 bits per heavy atom. The van der Waals surface area contributed by atoms with Gasteiger partial charge in [-0.2, -0.15) is 5.10 Å². The minimum Gasteiger partial charge on any atom is -0.356 e. The van der Waals surface area contributed by atoms with Crippen LogP contribution < -0.4 is 10.2 Å². The van der Waals surface area contributed by atoms with E-state index >= 15 is 0 Å². The van der Waals surface area contributed by atoms with Crippen molar-refractivity contribution in [1.82, 2.24) is 25.1 Å². The van der Waals surface area contributed by atoms with E-state index in [4.69, 9.17) is 0 Å². The Morgan fingerprint density at radius 2 is 2.04 bits per heavy atom. The lowest BCUT2D eigenvalue weighted by Crippen LogP contribution is -2.46. The maximum atomic E-state index is 12.1. The minimum atomic E-state index is 0.0292. The number of hydrogen-bond donors (Lipinski definition) is 1. The molecule has 0 radical (unpaired) electrons. The Morgan fingerprint density at radius 1 is 1.20 bits per heavy atom. The number of nitrogens with zero attached hydrogens (tertiary/aromatic N) is 5. The summed E-state index contributed by atoms with van der Waals surface area (Å²) in [5, 5.41) is 7.21. The number of rotatable bonds is 4. The van der Waals surface area contributed by atoms with E-state index in [9.17, 15) is 4.79 Å². The van der Waals surface area contributed by atoms with Gasteiger partial charge in [0.05, 0.1) is 0 Å². The van der Waals surface area contributed by atoms with Crippen molar-refractivity contribution >= 4 is 11.7 Å². The van der Waals surface area contributed by atoms with Crippen LogP contribution in [0.15, 0.2) is 24.8 Å². The highest BCUT2D eigenvalue weighted by Crippen LogP contribution is 2.28. The molecular weight excluding hydrogens is 316 g/mol. The molecule has 7 heteroatoms. The van der Waals surface area contributed by atoms with Gasteiger partial charge in [0.15, 0.2) is 0 Å². The van der Waals surface area contributed by atoms with Gasteiger partial charge in [0.1, 0.15) is 18.7 Å². The number of anilines is 1. The molecule has 1 saturated heterocycles.